The van der Waals surface area contributed by atoms with Crippen LogP contribution >= 0.6 is 0 Å². The Labute approximate surface area is 81.0 Å². The van der Waals surface area contributed by atoms with Gasteiger partial charge in [-0.2, -0.15) is 0 Å². The van der Waals surface area contributed by atoms with Crippen LogP contribution in [0.1, 0.15) is 15.9 Å². The molecule has 0 saturated carbocycles. The maximum Gasteiger partial charge on any atom is 0.491 e. The summed E-state index contributed by atoms with van der Waals surface area (Å²) in [6.45, 7) is 0.322. The molecule has 0 bridgehead atoms. The van der Waals surface area contributed by atoms with E-state index in [2.05, 4.69) is 0 Å². The lowest BCUT2D eigenvalue weighted by molar-refractivity contribution is 0.0953. The van der Waals surface area contributed by atoms with Gasteiger partial charge in [0.2, 0.25) is 0 Å². The first-order valence-electron chi connectivity index (χ1n) is 4.16. The third-order valence-electron chi connectivity index (χ3n) is 2.20. The van der Waals surface area contributed by atoms with Crippen LogP contribution < -0.4 is 16.7 Å². The zero-order chi connectivity index (χ0) is 10.1. The number of nitrogens with one attached hydrogen (secondary N) is 1. The van der Waals surface area contributed by atoms with E-state index in [4.69, 9.17) is 10.5 Å². The van der Waals surface area contributed by atoms with Gasteiger partial charge in [-0.25, -0.2) is 5.84 Å². The standard InChI is InChI=1S/C8H9BN2O3/c10-11-8(12)5-1-2-7-6(3-5)4-14-9(7)13/h1-3,13H,4,10H2,(H,11,12). The summed E-state index contributed by atoms with van der Waals surface area (Å²) in [4.78, 5) is 11.2. The van der Waals surface area contributed by atoms with E-state index in [0.717, 1.165) is 5.56 Å². The Balaban J connectivity index is 2.37. The summed E-state index contributed by atoms with van der Waals surface area (Å²) < 4.78 is 4.98. The van der Waals surface area contributed by atoms with Gasteiger partial charge in [-0.05, 0) is 23.2 Å². The van der Waals surface area contributed by atoms with Gasteiger partial charge in [-0.15, -0.1) is 0 Å². The largest absolute Gasteiger partial charge is 0.491 e. The topological polar surface area (TPSA) is 84.6 Å². The molecule has 1 amide bonds. The average molecular weight is 192 g/mol. The van der Waals surface area contributed by atoms with Gasteiger partial charge in [-0.1, -0.05) is 6.07 Å². The minimum absolute atomic E-state index is 0.322. The minimum Gasteiger partial charge on any atom is -0.423 e. The van der Waals surface area contributed by atoms with Crippen LogP contribution in [0.5, 0.6) is 0 Å². The molecule has 0 spiro atoms. The van der Waals surface area contributed by atoms with E-state index in [9.17, 15) is 9.82 Å². The van der Waals surface area contributed by atoms with E-state index in [1.165, 1.54) is 0 Å². The summed E-state index contributed by atoms with van der Waals surface area (Å²) in [7, 11) is -0.875. The molecule has 4 N–H and O–H groups in total. The number of hydrazine groups is 1. The molecule has 0 fully saturated rings. The van der Waals surface area contributed by atoms with Gasteiger partial charge in [0.1, 0.15) is 0 Å². The SMILES string of the molecule is NNC(=O)c1ccc2c(c1)COB2O. The van der Waals surface area contributed by atoms with Crippen LogP contribution in [0.15, 0.2) is 18.2 Å². The van der Waals surface area contributed by atoms with Crippen LogP contribution in [0, 0.1) is 0 Å². The number of hydrogen-bond donors (Lipinski definition) is 3. The highest BCUT2D eigenvalue weighted by Crippen LogP contribution is 2.11. The third-order valence-corrected chi connectivity index (χ3v) is 2.20. The normalized spacial score (nSPS) is 14.0. The number of rotatable bonds is 1. The minimum atomic E-state index is -0.875. The van der Waals surface area contributed by atoms with Crippen molar-refractivity contribution in [3.05, 3.63) is 29.3 Å². The molecule has 0 atom stereocenters. The molecule has 0 radical (unpaired) electrons. The predicted octanol–water partition coefficient (Wildman–Crippen LogP) is -1.49. The second-order valence-corrected chi connectivity index (χ2v) is 3.05. The smallest absolute Gasteiger partial charge is 0.423 e. The predicted molar refractivity (Wildman–Crippen MR) is 50.5 cm³/mol. The van der Waals surface area contributed by atoms with E-state index in [1.54, 1.807) is 18.2 Å². The number of fused-ring (bicyclic) bond motifs is 1. The molecule has 2 rings (SSSR count). The average Bonchev–Trinajstić information content (AvgIpc) is 2.59. The van der Waals surface area contributed by atoms with Gasteiger partial charge in [-0.3, -0.25) is 10.2 Å². The Morgan fingerprint density at radius 2 is 2.43 bits per heavy atom. The summed E-state index contributed by atoms with van der Waals surface area (Å²) in [5.74, 6) is 4.64. The molecule has 1 aromatic rings. The maximum absolute atomic E-state index is 11.2. The van der Waals surface area contributed by atoms with E-state index >= 15 is 0 Å². The summed E-state index contributed by atoms with van der Waals surface area (Å²) >= 11 is 0. The zero-order valence-electron chi connectivity index (χ0n) is 7.36. The highest BCUT2D eigenvalue weighted by molar-refractivity contribution is 6.61. The van der Waals surface area contributed by atoms with Gasteiger partial charge in [0, 0.05) is 5.56 Å². The molecule has 1 aliphatic heterocycles. The Morgan fingerprint density at radius 1 is 1.64 bits per heavy atom. The fourth-order valence-corrected chi connectivity index (χ4v) is 1.45. The Morgan fingerprint density at radius 3 is 3.14 bits per heavy atom. The van der Waals surface area contributed by atoms with Crippen LogP contribution in [0.3, 0.4) is 0 Å². The highest BCUT2D eigenvalue weighted by atomic mass is 16.5. The van der Waals surface area contributed by atoms with E-state index in [0.29, 0.717) is 17.6 Å². The van der Waals surface area contributed by atoms with Crippen LogP contribution in [-0.2, 0) is 11.3 Å². The van der Waals surface area contributed by atoms with Crippen molar-refractivity contribution in [2.45, 2.75) is 6.61 Å². The lowest BCUT2D eigenvalue weighted by Gasteiger charge is -2.02. The number of nitrogen functional groups attached to an aromatic ring is 1. The maximum atomic E-state index is 11.2. The van der Waals surface area contributed by atoms with Crippen molar-refractivity contribution in [1.29, 1.82) is 0 Å². The van der Waals surface area contributed by atoms with E-state index < -0.39 is 7.12 Å². The molecule has 0 aromatic heterocycles. The molecule has 0 aliphatic carbocycles. The first kappa shape index (κ1) is 9.20. The Hall–Kier alpha value is -1.37. The zero-order valence-corrected chi connectivity index (χ0v) is 7.36. The fraction of sp³-hybridized carbons (Fsp3) is 0.125. The second-order valence-electron chi connectivity index (χ2n) is 3.05. The fourth-order valence-electron chi connectivity index (χ4n) is 1.45. The first-order chi connectivity index (χ1) is 6.72. The van der Waals surface area contributed by atoms with Crippen molar-refractivity contribution < 1.29 is 14.5 Å². The van der Waals surface area contributed by atoms with Crippen molar-refractivity contribution in [2.24, 2.45) is 5.84 Å². The number of benzene rings is 1. The number of carbonyl (C=O) groups is 1. The molecule has 1 heterocycles. The molecular formula is C8H9BN2O3. The van der Waals surface area contributed by atoms with Crippen molar-refractivity contribution in [3.63, 3.8) is 0 Å². The molecule has 72 valence electrons. The van der Waals surface area contributed by atoms with Crippen LogP contribution in [0.4, 0.5) is 0 Å². The highest BCUT2D eigenvalue weighted by Gasteiger charge is 2.27. The van der Waals surface area contributed by atoms with Gasteiger partial charge in [0.05, 0.1) is 6.61 Å². The quantitative estimate of drug-likeness (QED) is 0.219. The van der Waals surface area contributed by atoms with Crippen molar-refractivity contribution in [3.8, 4) is 0 Å². The van der Waals surface area contributed by atoms with Gasteiger partial charge in [0.25, 0.3) is 5.91 Å². The summed E-state index contributed by atoms with van der Waals surface area (Å²) in [6, 6.07) is 4.92. The Bertz CT molecular complexity index is 383. The summed E-state index contributed by atoms with van der Waals surface area (Å²) in [6.07, 6.45) is 0. The van der Waals surface area contributed by atoms with Crippen LogP contribution in [0.2, 0.25) is 0 Å². The molecule has 0 saturated heterocycles. The van der Waals surface area contributed by atoms with Crippen LogP contribution in [-0.4, -0.2) is 18.0 Å². The molecule has 0 unspecified atom stereocenters. The van der Waals surface area contributed by atoms with E-state index in [1.807, 2.05) is 5.43 Å². The Kier molecular flexibility index (Phi) is 2.24. The second kappa shape index (κ2) is 3.41. The number of carbonyl (C=O) groups excluding carboxylic acids is 1. The molecule has 14 heavy (non-hydrogen) atoms. The number of amides is 1. The van der Waals surface area contributed by atoms with Crippen LogP contribution in [0.25, 0.3) is 0 Å². The first-order valence-corrected chi connectivity index (χ1v) is 4.16. The number of nitrogens with two attached hydrogens (primary N) is 1. The summed E-state index contributed by atoms with van der Waals surface area (Å²) in [5, 5.41) is 9.32. The van der Waals surface area contributed by atoms with Gasteiger partial charge >= 0.3 is 7.12 Å². The van der Waals surface area contributed by atoms with Crippen molar-refractivity contribution >= 4 is 18.5 Å². The number of hydrogen-bond acceptors (Lipinski definition) is 4. The lowest BCUT2D eigenvalue weighted by Crippen LogP contribution is -2.31. The van der Waals surface area contributed by atoms with Gasteiger partial charge < -0.3 is 9.68 Å². The molecule has 1 aromatic carbocycles. The third kappa shape index (κ3) is 1.39. The monoisotopic (exact) mass is 192 g/mol. The molecule has 5 nitrogen and oxygen atoms in total. The van der Waals surface area contributed by atoms with Crippen molar-refractivity contribution in [2.75, 3.05) is 0 Å². The molecular weight excluding hydrogens is 183 g/mol. The van der Waals surface area contributed by atoms with Crippen molar-refractivity contribution in [1.82, 2.24) is 5.43 Å². The van der Waals surface area contributed by atoms with Gasteiger partial charge in [0.15, 0.2) is 0 Å². The summed E-state index contributed by atoms with van der Waals surface area (Å²) in [5.41, 5.74) is 4.03. The van der Waals surface area contributed by atoms with E-state index in [-0.39, 0.29) is 5.91 Å². The molecule has 6 heteroatoms. The molecule has 1 aliphatic rings. The lowest BCUT2D eigenvalue weighted by atomic mass is 9.79.